The fourth-order valence-electron chi connectivity index (χ4n) is 2.27. The van der Waals surface area contributed by atoms with Crippen molar-refractivity contribution in [3.05, 3.63) is 58.8 Å². The summed E-state index contributed by atoms with van der Waals surface area (Å²) in [6, 6.07) is 13.4. The number of ether oxygens (including phenoxy) is 1. The van der Waals surface area contributed by atoms with Gasteiger partial charge in [0.2, 0.25) is 5.88 Å². The minimum atomic E-state index is -0.235. The fourth-order valence-corrected chi connectivity index (χ4v) is 2.64. The number of fused-ring (bicyclic) bond motifs is 1. The molecule has 3 rings (SSSR count). The van der Waals surface area contributed by atoms with Gasteiger partial charge in [-0.25, -0.2) is 9.97 Å². The minimum absolute atomic E-state index is 0.117. The highest BCUT2D eigenvalue weighted by Crippen LogP contribution is 2.24. The van der Waals surface area contributed by atoms with Gasteiger partial charge in [-0.15, -0.1) is 0 Å². The average molecular weight is 386 g/mol. The summed E-state index contributed by atoms with van der Waals surface area (Å²) >= 11 is 3.41. The van der Waals surface area contributed by atoms with Crippen LogP contribution in [0.15, 0.2) is 53.3 Å². The molecule has 0 saturated carbocycles. The third-order valence-corrected chi connectivity index (χ3v) is 4.04. The van der Waals surface area contributed by atoms with E-state index >= 15 is 0 Å². The summed E-state index contributed by atoms with van der Waals surface area (Å²) in [5.41, 5.74) is 2.73. The van der Waals surface area contributed by atoms with Crippen molar-refractivity contribution in [3.63, 3.8) is 0 Å². The Bertz CT molecular complexity index is 866. The van der Waals surface area contributed by atoms with E-state index < -0.39 is 0 Å². The molecule has 6 heteroatoms. The summed E-state index contributed by atoms with van der Waals surface area (Å²) in [5, 5.41) is 3.56. The second kappa shape index (κ2) is 7.40. The van der Waals surface area contributed by atoms with Gasteiger partial charge in [0.25, 0.3) is 5.91 Å². The number of carbonyl (C=O) groups is 1. The standard InChI is InChI=1S/C18H16BrN3O2/c1-2-12-3-6-14(7-4-12)22-17(23)10-24-18-15-9-13(19)5-8-16(15)20-11-21-18/h3-9,11H,2,10H2,1H3,(H,22,23). The highest BCUT2D eigenvalue weighted by atomic mass is 79.9. The molecule has 24 heavy (non-hydrogen) atoms. The van der Waals surface area contributed by atoms with Crippen molar-refractivity contribution in [1.29, 1.82) is 0 Å². The number of anilines is 1. The lowest BCUT2D eigenvalue weighted by molar-refractivity contribution is -0.118. The lowest BCUT2D eigenvalue weighted by Crippen LogP contribution is -2.20. The van der Waals surface area contributed by atoms with Crippen LogP contribution in [0.5, 0.6) is 5.88 Å². The van der Waals surface area contributed by atoms with Crippen LogP contribution in [0.2, 0.25) is 0 Å². The predicted octanol–water partition coefficient (Wildman–Crippen LogP) is 3.97. The SMILES string of the molecule is CCc1ccc(NC(=O)COc2ncnc3ccc(Br)cc23)cc1. The van der Waals surface area contributed by atoms with Crippen LogP contribution < -0.4 is 10.1 Å². The molecule has 3 aromatic rings. The van der Waals surface area contributed by atoms with Gasteiger partial charge in [-0.05, 0) is 42.3 Å². The van der Waals surface area contributed by atoms with Crippen LogP contribution in [0.4, 0.5) is 5.69 Å². The van der Waals surface area contributed by atoms with E-state index in [1.807, 2.05) is 42.5 Å². The summed E-state index contributed by atoms with van der Waals surface area (Å²) < 4.78 is 6.47. The van der Waals surface area contributed by atoms with Crippen LogP contribution in [0.25, 0.3) is 10.9 Å². The molecule has 2 aromatic carbocycles. The Morgan fingerprint density at radius 1 is 1.17 bits per heavy atom. The van der Waals surface area contributed by atoms with E-state index in [1.54, 1.807) is 0 Å². The van der Waals surface area contributed by atoms with E-state index in [4.69, 9.17) is 4.74 Å². The molecule has 1 aromatic heterocycles. The van der Waals surface area contributed by atoms with Crippen molar-refractivity contribution in [2.45, 2.75) is 13.3 Å². The van der Waals surface area contributed by atoms with Gasteiger partial charge in [0, 0.05) is 10.2 Å². The Kier molecular flexibility index (Phi) is 5.05. The maximum atomic E-state index is 12.1. The summed E-state index contributed by atoms with van der Waals surface area (Å²) in [5.74, 6) is 0.152. The first-order valence-electron chi connectivity index (χ1n) is 7.57. The molecule has 122 valence electrons. The first-order valence-corrected chi connectivity index (χ1v) is 8.37. The molecule has 0 fully saturated rings. The lowest BCUT2D eigenvalue weighted by Gasteiger charge is -2.09. The van der Waals surface area contributed by atoms with E-state index in [0.717, 1.165) is 27.5 Å². The molecule has 0 atom stereocenters. The van der Waals surface area contributed by atoms with E-state index in [2.05, 4.69) is 38.1 Å². The molecular formula is C18H16BrN3O2. The molecule has 0 radical (unpaired) electrons. The highest BCUT2D eigenvalue weighted by molar-refractivity contribution is 9.10. The number of halogens is 1. The van der Waals surface area contributed by atoms with E-state index in [0.29, 0.717) is 5.88 Å². The zero-order chi connectivity index (χ0) is 16.9. The molecule has 0 unspecified atom stereocenters. The number of nitrogens with zero attached hydrogens (tertiary/aromatic N) is 2. The van der Waals surface area contributed by atoms with Crippen molar-refractivity contribution < 1.29 is 9.53 Å². The third kappa shape index (κ3) is 3.89. The Morgan fingerprint density at radius 2 is 1.96 bits per heavy atom. The summed E-state index contributed by atoms with van der Waals surface area (Å²) in [7, 11) is 0. The molecule has 1 heterocycles. The Hall–Kier alpha value is -2.47. The molecule has 0 spiro atoms. The number of hydrogen-bond acceptors (Lipinski definition) is 4. The maximum Gasteiger partial charge on any atom is 0.262 e. The van der Waals surface area contributed by atoms with Crippen LogP contribution in [0.1, 0.15) is 12.5 Å². The molecule has 0 aliphatic rings. The van der Waals surface area contributed by atoms with Crippen molar-refractivity contribution in [3.8, 4) is 5.88 Å². The summed E-state index contributed by atoms with van der Waals surface area (Å²) in [4.78, 5) is 20.4. The maximum absolute atomic E-state index is 12.1. The number of aromatic nitrogens is 2. The average Bonchev–Trinajstić information content (AvgIpc) is 2.60. The van der Waals surface area contributed by atoms with Crippen LogP contribution >= 0.6 is 15.9 Å². The third-order valence-electron chi connectivity index (χ3n) is 3.55. The Morgan fingerprint density at radius 3 is 2.71 bits per heavy atom. The second-order valence-corrected chi connectivity index (χ2v) is 6.14. The number of aryl methyl sites for hydroxylation is 1. The molecule has 1 amide bonds. The van der Waals surface area contributed by atoms with Crippen molar-refractivity contribution >= 4 is 38.4 Å². The lowest BCUT2D eigenvalue weighted by atomic mass is 10.1. The van der Waals surface area contributed by atoms with Gasteiger partial charge in [0.05, 0.1) is 10.9 Å². The smallest absolute Gasteiger partial charge is 0.262 e. The number of amides is 1. The fraction of sp³-hybridized carbons (Fsp3) is 0.167. The first kappa shape index (κ1) is 16.4. The van der Waals surface area contributed by atoms with Gasteiger partial charge >= 0.3 is 0 Å². The molecule has 0 saturated heterocycles. The molecular weight excluding hydrogens is 370 g/mol. The summed E-state index contributed by atoms with van der Waals surface area (Å²) in [6.07, 6.45) is 2.39. The van der Waals surface area contributed by atoms with Gasteiger partial charge in [0.1, 0.15) is 6.33 Å². The Balaban J connectivity index is 1.66. The van der Waals surface area contributed by atoms with Crippen LogP contribution in [-0.2, 0) is 11.2 Å². The Labute approximate surface area is 148 Å². The van der Waals surface area contributed by atoms with E-state index in [-0.39, 0.29) is 12.5 Å². The number of rotatable bonds is 5. The van der Waals surface area contributed by atoms with Gasteiger partial charge in [0.15, 0.2) is 6.61 Å². The first-order chi connectivity index (χ1) is 11.7. The van der Waals surface area contributed by atoms with E-state index in [1.165, 1.54) is 11.9 Å². The normalized spacial score (nSPS) is 10.6. The topological polar surface area (TPSA) is 64.1 Å². The van der Waals surface area contributed by atoms with Crippen LogP contribution in [0, 0.1) is 0 Å². The van der Waals surface area contributed by atoms with Crippen molar-refractivity contribution in [2.24, 2.45) is 0 Å². The quantitative estimate of drug-likeness (QED) is 0.721. The zero-order valence-electron chi connectivity index (χ0n) is 13.1. The van der Waals surface area contributed by atoms with Crippen LogP contribution in [-0.4, -0.2) is 22.5 Å². The largest absolute Gasteiger partial charge is 0.467 e. The minimum Gasteiger partial charge on any atom is -0.467 e. The van der Waals surface area contributed by atoms with E-state index in [9.17, 15) is 4.79 Å². The number of carbonyl (C=O) groups excluding carboxylic acids is 1. The van der Waals surface area contributed by atoms with Gasteiger partial charge in [-0.2, -0.15) is 0 Å². The van der Waals surface area contributed by atoms with Crippen molar-refractivity contribution in [1.82, 2.24) is 9.97 Å². The zero-order valence-corrected chi connectivity index (χ0v) is 14.7. The molecule has 1 N–H and O–H groups in total. The van der Waals surface area contributed by atoms with Crippen molar-refractivity contribution in [2.75, 3.05) is 11.9 Å². The monoisotopic (exact) mass is 385 g/mol. The van der Waals surface area contributed by atoms with Gasteiger partial charge in [-0.1, -0.05) is 35.0 Å². The number of nitrogens with one attached hydrogen (secondary N) is 1. The number of benzene rings is 2. The van der Waals surface area contributed by atoms with Crippen LogP contribution in [0.3, 0.4) is 0 Å². The molecule has 0 aliphatic heterocycles. The second-order valence-electron chi connectivity index (χ2n) is 5.23. The molecule has 0 aliphatic carbocycles. The molecule has 5 nitrogen and oxygen atoms in total. The number of hydrogen-bond donors (Lipinski definition) is 1. The summed E-state index contributed by atoms with van der Waals surface area (Å²) in [6.45, 7) is 1.97. The van der Waals surface area contributed by atoms with Gasteiger partial charge in [-0.3, -0.25) is 4.79 Å². The van der Waals surface area contributed by atoms with Gasteiger partial charge < -0.3 is 10.1 Å². The predicted molar refractivity (Wildman–Crippen MR) is 97.2 cm³/mol. The molecule has 0 bridgehead atoms. The highest BCUT2D eigenvalue weighted by Gasteiger charge is 2.09.